The molecule has 2 rings (SSSR count). The van der Waals surface area contributed by atoms with E-state index >= 15 is 0 Å². The van der Waals surface area contributed by atoms with Gasteiger partial charge in [0.05, 0.1) is 20.3 Å². The number of ether oxygens (including phenoxy) is 2. The summed E-state index contributed by atoms with van der Waals surface area (Å²) in [6.07, 6.45) is -0.526. The van der Waals surface area contributed by atoms with Crippen LogP contribution in [0.15, 0.2) is 12.1 Å². The summed E-state index contributed by atoms with van der Waals surface area (Å²) < 4.78 is 10.0. The Morgan fingerprint density at radius 2 is 1.95 bits per heavy atom. The van der Waals surface area contributed by atoms with Gasteiger partial charge in [0.15, 0.2) is 0 Å². The molecule has 0 spiro atoms. The standard InChI is InChI=1S/C16H21NO5/c1-9-5-11(6-14(21-3)10(9)2)15(19)17-8-12(18)7-13(17)16(20)22-4/h5-6,12-13,18H,7-8H2,1-4H3/t12-,13+/m1/s1. The van der Waals surface area contributed by atoms with Crippen molar-refractivity contribution in [3.8, 4) is 5.75 Å². The molecule has 6 nitrogen and oxygen atoms in total. The summed E-state index contributed by atoms with van der Waals surface area (Å²) in [6, 6.07) is 2.67. The number of hydrogen-bond acceptors (Lipinski definition) is 5. The van der Waals surface area contributed by atoms with Crippen molar-refractivity contribution in [1.82, 2.24) is 4.90 Å². The SMILES string of the molecule is COC(=O)[C@@H]1C[C@@H](O)CN1C(=O)c1cc(C)c(C)c(OC)c1. The minimum Gasteiger partial charge on any atom is -0.496 e. The Balaban J connectivity index is 2.34. The van der Waals surface area contributed by atoms with Gasteiger partial charge in [0.2, 0.25) is 0 Å². The first-order chi connectivity index (χ1) is 10.4. The highest BCUT2D eigenvalue weighted by atomic mass is 16.5. The number of carbonyl (C=O) groups excluding carboxylic acids is 2. The number of β-amino-alcohol motifs (C(OH)–C–C–N with tert-alkyl or cyclic N) is 1. The summed E-state index contributed by atoms with van der Waals surface area (Å²) >= 11 is 0. The lowest BCUT2D eigenvalue weighted by Crippen LogP contribution is -2.41. The second-order valence-electron chi connectivity index (χ2n) is 5.51. The van der Waals surface area contributed by atoms with Gasteiger partial charge < -0.3 is 19.5 Å². The predicted octanol–water partition coefficient (Wildman–Crippen LogP) is 1.06. The van der Waals surface area contributed by atoms with Crippen LogP contribution in [-0.2, 0) is 9.53 Å². The number of esters is 1. The Labute approximate surface area is 129 Å². The lowest BCUT2D eigenvalue weighted by molar-refractivity contribution is -0.145. The zero-order chi connectivity index (χ0) is 16.4. The minimum absolute atomic E-state index is 0.119. The lowest BCUT2D eigenvalue weighted by atomic mass is 10.0. The molecule has 0 saturated carbocycles. The van der Waals surface area contributed by atoms with Crippen molar-refractivity contribution in [3.05, 3.63) is 28.8 Å². The number of benzene rings is 1. The summed E-state index contributed by atoms with van der Waals surface area (Å²) in [6.45, 7) is 3.93. The molecule has 1 aromatic carbocycles. The summed E-state index contributed by atoms with van der Waals surface area (Å²) in [4.78, 5) is 25.9. The van der Waals surface area contributed by atoms with Crippen LogP contribution in [0, 0.1) is 13.8 Å². The van der Waals surface area contributed by atoms with Gasteiger partial charge in [-0.1, -0.05) is 0 Å². The van der Waals surface area contributed by atoms with Crippen LogP contribution in [0.3, 0.4) is 0 Å². The van der Waals surface area contributed by atoms with E-state index in [0.717, 1.165) is 11.1 Å². The third-order valence-corrected chi connectivity index (χ3v) is 4.10. The number of hydrogen-bond donors (Lipinski definition) is 1. The fourth-order valence-electron chi connectivity index (χ4n) is 2.73. The second-order valence-corrected chi connectivity index (χ2v) is 5.51. The van der Waals surface area contributed by atoms with Crippen molar-refractivity contribution in [2.24, 2.45) is 0 Å². The van der Waals surface area contributed by atoms with Crippen molar-refractivity contribution in [2.75, 3.05) is 20.8 Å². The average molecular weight is 307 g/mol. The fraction of sp³-hybridized carbons (Fsp3) is 0.500. The lowest BCUT2D eigenvalue weighted by Gasteiger charge is -2.23. The van der Waals surface area contributed by atoms with E-state index in [4.69, 9.17) is 9.47 Å². The van der Waals surface area contributed by atoms with Crippen molar-refractivity contribution >= 4 is 11.9 Å². The normalized spacial score (nSPS) is 20.9. The largest absolute Gasteiger partial charge is 0.496 e. The van der Waals surface area contributed by atoms with E-state index in [-0.39, 0.29) is 18.9 Å². The molecule has 0 bridgehead atoms. The molecular formula is C16H21NO5. The van der Waals surface area contributed by atoms with E-state index in [0.29, 0.717) is 11.3 Å². The van der Waals surface area contributed by atoms with Crippen LogP contribution in [0.1, 0.15) is 27.9 Å². The third-order valence-electron chi connectivity index (χ3n) is 4.10. The smallest absolute Gasteiger partial charge is 0.328 e. The first-order valence-corrected chi connectivity index (χ1v) is 7.11. The number of aliphatic hydroxyl groups is 1. The molecule has 120 valence electrons. The quantitative estimate of drug-likeness (QED) is 0.845. The summed E-state index contributed by atoms with van der Waals surface area (Å²) in [7, 11) is 2.82. The zero-order valence-corrected chi connectivity index (χ0v) is 13.3. The number of carbonyl (C=O) groups is 2. The molecule has 0 radical (unpaired) electrons. The molecule has 0 unspecified atom stereocenters. The number of amides is 1. The Morgan fingerprint density at radius 1 is 1.27 bits per heavy atom. The molecule has 1 fully saturated rings. The predicted molar refractivity (Wildman–Crippen MR) is 79.9 cm³/mol. The van der Waals surface area contributed by atoms with Gasteiger partial charge >= 0.3 is 5.97 Å². The van der Waals surface area contributed by atoms with Crippen LogP contribution in [0.5, 0.6) is 5.75 Å². The fourth-order valence-corrected chi connectivity index (χ4v) is 2.73. The molecule has 1 saturated heterocycles. The minimum atomic E-state index is -0.750. The Hall–Kier alpha value is -2.08. The van der Waals surface area contributed by atoms with Crippen LogP contribution in [0.2, 0.25) is 0 Å². The number of aryl methyl sites for hydroxylation is 1. The van der Waals surface area contributed by atoms with E-state index in [1.807, 2.05) is 13.8 Å². The Morgan fingerprint density at radius 3 is 2.55 bits per heavy atom. The molecular weight excluding hydrogens is 286 g/mol. The topological polar surface area (TPSA) is 76.1 Å². The molecule has 6 heteroatoms. The van der Waals surface area contributed by atoms with E-state index in [1.54, 1.807) is 19.2 Å². The van der Waals surface area contributed by atoms with Gasteiger partial charge in [-0.3, -0.25) is 4.79 Å². The molecule has 0 aromatic heterocycles. The van der Waals surface area contributed by atoms with Crippen LogP contribution in [0.25, 0.3) is 0 Å². The van der Waals surface area contributed by atoms with Gasteiger partial charge in [0, 0.05) is 18.5 Å². The molecule has 2 atom stereocenters. The van der Waals surface area contributed by atoms with Gasteiger partial charge in [-0.05, 0) is 37.1 Å². The summed E-state index contributed by atoms with van der Waals surface area (Å²) in [5.74, 6) is -0.202. The number of aliphatic hydroxyl groups excluding tert-OH is 1. The highest BCUT2D eigenvalue weighted by Crippen LogP contribution is 2.27. The first-order valence-electron chi connectivity index (χ1n) is 7.11. The Kier molecular flexibility index (Phi) is 4.71. The monoisotopic (exact) mass is 307 g/mol. The maximum atomic E-state index is 12.7. The third kappa shape index (κ3) is 2.92. The number of nitrogens with zero attached hydrogens (tertiary/aromatic N) is 1. The van der Waals surface area contributed by atoms with Gasteiger partial charge in [-0.2, -0.15) is 0 Å². The van der Waals surface area contributed by atoms with Crippen LogP contribution >= 0.6 is 0 Å². The maximum absolute atomic E-state index is 12.7. The van der Waals surface area contributed by atoms with Gasteiger partial charge in [-0.25, -0.2) is 4.79 Å². The van der Waals surface area contributed by atoms with Gasteiger partial charge in [0.25, 0.3) is 5.91 Å². The summed E-state index contributed by atoms with van der Waals surface area (Å²) in [5.41, 5.74) is 2.32. The molecule has 0 aliphatic carbocycles. The summed E-state index contributed by atoms with van der Waals surface area (Å²) in [5, 5.41) is 9.78. The zero-order valence-electron chi connectivity index (χ0n) is 13.3. The number of likely N-dealkylation sites (tertiary alicyclic amines) is 1. The molecule has 1 N–H and O–H groups in total. The van der Waals surface area contributed by atoms with Gasteiger partial charge in [-0.15, -0.1) is 0 Å². The highest BCUT2D eigenvalue weighted by Gasteiger charge is 2.40. The average Bonchev–Trinajstić information content (AvgIpc) is 2.90. The maximum Gasteiger partial charge on any atom is 0.328 e. The second kappa shape index (κ2) is 6.36. The van der Waals surface area contributed by atoms with E-state index < -0.39 is 18.1 Å². The van der Waals surface area contributed by atoms with Crippen LogP contribution < -0.4 is 4.74 Å². The molecule has 22 heavy (non-hydrogen) atoms. The van der Waals surface area contributed by atoms with Crippen molar-refractivity contribution in [2.45, 2.75) is 32.4 Å². The molecule has 1 aliphatic rings. The molecule has 1 heterocycles. The molecule has 1 aromatic rings. The van der Waals surface area contributed by atoms with E-state index in [9.17, 15) is 14.7 Å². The molecule has 1 aliphatic heterocycles. The van der Waals surface area contributed by atoms with Crippen molar-refractivity contribution < 1.29 is 24.2 Å². The van der Waals surface area contributed by atoms with Crippen molar-refractivity contribution in [3.63, 3.8) is 0 Å². The van der Waals surface area contributed by atoms with Crippen LogP contribution in [0.4, 0.5) is 0 Å². The Bertz CT molecular complexity index is 598. The van der Waals surface area contributed by atoms with E-state index in [1.165, 1.54) is 12.0 Å². The highest BCUT2D eigenvalue weighted by molar-refractivity contribution is 5.98. The number of rotatable bonds is 3. The number of methoxy groups -OCH3 is 2. The van der Waals surface area contributed by atoms with Gasteiger partial charge in [0.1, 0.15) is 11.8 Å². The van der Waals surface area contributed by atoms with E-state index in [2.05, 4.69) is 0 Å². The molecule has 1 amide bonds. The van der Waals surface area contributed by atoms with Crippen LogP contribution in [-0.4, -0.2) is 54.8 Å². The first kappa shape index (κ1) is 16.3. The van der Waals surface area contributed by atoms with Crippen molar-refractivity contribution in [1.29, 1.82) is 0 Å².